The standard InChI is InChI=1S/C36H24N2O2/c39-35(37-33-23-15-29(16-24-33)13-11-27-7-3-1-4-8-27)31-19-21-32(22-20-31)36(40)38-34-25-17-30(18-26-34)14-12-28-9-5-2-6-10-28/h1-10,15-26H,(H,37,39)(H,38,40). The zero-order chi connectivity index (χ0) is 27.6. The molecule has 2 amide bonds. The van der Waals surface area contributed by atoms with Crippen molar-refractivity contribution in [3.8, 4) is 23.7 Å². The van der Waals surface area contributed by atoms with Gasteiger partial charge in [-0.05, 0) is 97.1 Å². The molecule has 0 unspecified atom stereocenters. The van der Waals surface area contributed by atoms with Crippen LogP contribution in [0, 0.1) is 23.7 Å². The molecule has 0 aromatic heterocycles. The van der Waals surface area contributed by atoms with Gasteiger partial charge in [0.1, 0.15) is 0 Å². The normalized spacial score (nSPS) is 9.80. The van der Waals surface area contributed by atoms with Gasteiger partial charge in [-0.2, -0.15) is 0 Å². The molecular weight excluding hydrogens is 492 g/mol. The second-order valence-corrected chi connectivity index (χ2v) is 8.87. The van der Waals surface area contributed by atoms with Crippen molar-refractivity contribution in [2.24, 2.45) is 0 Å². The van der Waals surface area contributed by atoms with Gasteiger partial charge in [0.05, 0.1) is 0 Å². The lowest BCUT2D eigenvalue weighted by molar-refractivity contribution is 0.101. The Labute approximate surface area is 233 Å². The smallest absolute Gasteiger partial charge is 0.255 e. The van der Waals surface area contributed by atoms with E-state index in [2.05, 4.69) is 34.3 Å². The maximum atomic E-state index is 12.7. The molecule has 0 aliphatic heterocycles. The van der Waals surface area contributed by atoms with Crippen LogP contribution >= 0.6 is 0 Å². The van der Waals surface area contributed by atoms with Gasteiger partial charge < -0.3 is 10.6 Å². The molecule has 0 atom stereocenters. The van der Waals surface area contributed by atoms with E-state index in [-0.39, 0.29) is 11.8 Å². The van der Waals surface area contributed by atoms with Crippen molar-refractivity contribution >= 4 is 23.2 Å². The average molecular weight is 517 g/mol. The number of carbonyl (C=O) groups excluding carboxylic acids is 2. The Hall–Kier alpha value is -5.84. The maximum absolute atomic E-state index is 12.7. The van der Waals surface area contributed by atoms with Gasteiger partial charge in [0.15, 0.2) is 0 Å². The van der Waals surface area contributed by atoms with E-state index in [4.69, 9.17) is 0 Å². The summed E-state index contributed by atoms with van der Waals surface area (Å²) >= 11 is 0. The van der Waals surface area contributed by atoms with Crippen LogP contribution < -0.4 is 10.6 Å². The Bertz CT molecular complexity index is 1600. The predicted molar refractivity (Wildman–Crippen MR) is 160 cm³/mol. The van der Waals surface area contributed by atoms with Crippen LogP contribution in [0.3, 0.4) is 0 Å². The number of rotatable bonds is 4. The van der Waals surface area contributed by atoms with Crippen LogP contribution in [0.4, 0.5) is 11.4 Å². The van der Waals surface area contributed by atoms with Crippen molar-refractivity contribution in [3.05, 3.63) is 167 Å². The Morgan fingerprint density at radius 2 is 0.675 bits per heavy atom. The zero-order valence-corrected chi connectivity index (χ0v) is 21.5. The monoisotopic (exact) mass is 516 g/mol. The van der Waals surface area contributed by atoms with Gasteiger partial charge in [-0.25, -0.2) is 0 Å². The Morgan fingerprint density at radius 3 is 1.00 bits per heavy atom. The summed E-state index contributed by atoms with van der Waals surface area (Å²) in [4.78, 5) is 25.4. The van der Waals surface area contributed by atoms with Crippen LogP contribution in [0.25, 0.3) is 0 Å². The van der Waals surface area contributed by atoms with Crippen molar-refractivity contribution in [2.75, 3.05) is 10.6 Å². The SMILES string of the molecule is O=C(Nc1ccc(C#Cc2ccccc2)cc1)c1ccc(C(=O)Nc2ccc(C#Cc3ccccc3)cc2)cc1. The Morgan fingerprint density at radius 1 is 0.375 bits per heavy atom. The predicted octanol–water partition coefficient (Wildman–Crippen LogP) is 6.99. The molecule has 0 fully saturated rings. The molecule has 0 aliphatic rings. The van der Waals surface area contributed by atoms with Gasteiger partial charge in [0, 0.05) is 44.8 Å². The number of benzene rings is 5. The van der Waals surface area contributed by atoms with Crippen LogP contribution in [-0.2, 0) is 0 Å². The minimum atomic E-state index is -0.262. The summed E-state index contributed by atoms with van der Waals surface area (Å²) in [7, 11) is 0. The van der Waals surface area contributed by atoms with E-state index in [0.29, 0.717) is 22.5 Å². The third-order valence-corrected chi connectivity index (χ3v) is 5.94. The Balaban J connectivity index is 1.15. The largest absolute Gasteiger partial charge is 0.322 e. The van der Waals surface area contributed by atoms with Gasteiger partial charge in [-0.3, -0.25) is 9.59 Å². The quantitative estimate of drug-likeness (QED) is 0.253. The molecule has 0 saturated heterocycles. The van der Waals surface area contributed by atoms with Crippen molar-refractivity contribution in [1.29, 1.82) is 0 Å². The molecule has 4 heteroatoms. The third kappa shape index (κ3) is 7.13. The van der Waals surface area contributed by atoms with Crippen LogP contribution in [0.2, 0.25) is 0 Å². The fourth-order valence-corrected chi connectivity index (χ4v) is 3.78. The summed E-state index contributed by atoms with van der Waals surface area (Å²) in [6, 6.07) is 40.8. The van der Waals surface area contributed by atoms with Crippen molar-refractivity contribution in [3.63, 3.8) is 0 Å². The lowest BCUT2D eigenvalue weighted by atomic mass is 10.1. The molecule has 190 valence electrons. The van der Waals surface area contributed by atoms with E-state index in [9.17, 15) is 9.59 Å². The average Bonchev–Trinajstić information content (AvgIpc) is 3.01. The maximum Gasteiger partial charge on any atom is 0.255 e. The molecule has 0 spiro atoms. The van der Waals surface area contributed by atoms with Gasteiger partial charge >= 0.3 is 0 Å². The number of anilines is 2. The van der Waals surface area contributed by atoms with E-state index in [0.717, 1.165) is 22.3 Å². The van der Waals surface area contributed by atoms with E-state index < -0.39 is 0 Å². The minimum absolute atomic E-state index is 0.262. The molecule has 5 rings (SSSR count). The highest BCUT2D eigenvalue weighted by Crippen LogP contribution is 2.14. The van der Waals surface area contributed by atoms with E-state index >= 15 is 0 Å². The van der Waals surface area contributed by atoms with Crippen LogP contribution in [0.1, 0.15) is 43.0 Å². The van der Waals surface area contributed by atoms with E-state index in [1.807, 2.05) is 109 Å². The van der Waals surface area contributed by atoms with Gasteiger partial charge in [-0.15, -0.1) is 0 Å². The van der Waals surface area contributed by atoms with Gasteiger partial charge in [0.2, 0.25) is 0 Å². The summed E-state index contributed by atoms with van der Waals surface area (Å²) in [5.74, 6) is 11.9. The molecule has 5 aromatic carbocycles. The van der Waals surface area contributed by atoms with Crippen molar-refractivity contribution in [1.82, 2.24) is 0 Å². The first-order valence-electron chi connectivity index (χ1n) is 12.7. The molecule has 0 aliphatic carbocycles. The van der Waals surface area contributed by atoms with Crippen LogP contribution in [0.15, 0.2) is 133 Å². The number of hydrogen-bond acceptors (Lipinski definition) is 2. The topological polar surface area (TPSA) is 58.2 Å². The summed E-state index contributed by atoms with van der Waals surface area (Å²) in [6.07, 6.45) is 0. The van der Waals surface area contributed by atoms with Crippen molar-refractivity contribution in [2.45, 2.75) is 0 Å². The highest BCUT2D eigenvalue weighted by atomic mass is 16.2. The second kappa shape index (κ2) is 12.6. The molecule has 2 N–H and O–H groups in total. The lowest BCUT2D eigenvalue weighted by Gasteiger charge is -2.08. The lowest BCUT2D eigenvalue weighted by Crippen LogP contribution is -2.14. The van der Waals surface area contributed by atoms with Crippen LogP contribution in [-0.4, -0.2) is 11.8 Å². The summed E-state index contributed by atoms with van der Waals surface area (Å²) < 4.78 is 0. The molecule has 0 heterocycles. The Kier molecular flexibility index (Phi) is 8.13. The summed E-state index contributed by atoms with van der Waals surface area (Å²) in [5.41, 5.74) is 5.82. The van der Waals surface area contributed by atoms with E-state index in [1.54, 1.807) is 24.3 Å². The molecular formula is C36H24N2O2. The van der Waals surface area contributed by atoms with Gasteiger partial charge in [0.25, 0.3) is 11.8 Å². The highest BCUT2D eigenvalue weighted by molar-refractivity contribution is 6.07. The third-order valence-electron chi connectivity index (χ3n) is 5.94. The first-order valence-corrected chi connectivity index (χ1v) is 12.7. The molecule has 0 saturated carbocycles. The first-order chi connectivity index (χ1) is 19.6. The second-order valence-electron chi connectivity index (χ2n) is 8.87. The van der Waals surface area contributed by atoms with Crippen LogP contribution in [0.5, 0.6) is 0 Å². The molecule has 4 nitrogen and oxygen atoms in total. The van der Waals surface area contributed by atoms with E-state index in [1.165, 1.54) is 0 Å². The number of hydrogen-bond donors (Lipinski definition) is 2. The summed E-state index contributed by atoms with van der Waals surface area (Å²) in [5, 5.41) is 5.75. The van der Waals surface area contributed by atoms with Gasteiger partial charge in [-0.1, -0.05) is 60.1 Å². The number of amides is 2. The number of nitrogens with one attached hydrogen (secondary N) is 2. The van der Waals surface area contributed by atoms with Crippen molar-refractivity contribution < 1.29 is 9.59 Å². The summed E-state index contributed by atoms with van der Waals surface area (Å²) in [6.45, 7) is 0. The molecule has 0 bridgehead atoms. The highest BCUT2D eigenvalue weighted by Gasteiger charge is 2.10. The number of carbonyl (C=O) groups is 2. The zero-order valence-electron chi connectivity index (χ0n) is 21.5. The fourth-order valence-electron chi connectivity index (χ4n) is 3.78. The first kappa shape index (κ1) is 25.8. The molecule has 40 heavy (non-hydrogen) atoms. The fraction of sp³-hybridized carbons (Fsp3) is 0. The molecule has 5 aromatic rings. The minimum Gasteiger partial charge on any atom is -0.322 e. The molecule has 0 radical (unpaired) electrons.